The second-order valence-corrected chi connectivity index (χ2v) is 6.13. The van der Waals surface area contributed by atoms with E-state index in [-0.39, 0.29) is 5.91 Å². The Labute approximate surface area is 126 Å². The zero-order chi connectivity index (χ0) is 14.8. The summed E-state index contributed by atoms with van der Waals surface area (Å²) in [6, 6.07) is 4.20. The van der Waals surface area contributed by atoms with Gasteiger partial charge in [0.1, 0.15) is 11.5 Å². The second-order valence-electron chi connectivity index (χ2n) is 5.19. The van der Waals surface area contributed by atoms with Gasteiger partial charge in [-0.2, -0.15) is 0 Å². The average molecular weight is 307 g/mol. The van der Waals surface area contributed by atoms with E-state index in [1.54, 1.807) is 11.9 Å². The topological polar surface area (TPSA) is 77.1 Å². The highest BCUT2D eigenvalue weighted by atomic mass is 32.2. The molecule has 7 nitrogen and oxygen atoms in total. The Morgan fingerprint density at radius 2 is 2.33 bits per heavy atom. The summed E-state index contributed by atoms with van der Waals surface area (Å²) < 4.78 is 7.29. The number of nitrogens with zero attached hydrogens (tertiary/aromatic N) is 5. The fraction of sp³-hybridized carbons (Fsp3) is 0.538. The van der Waals surface area contributed by atoms with Crippen LogP contribution in [0.1, 0.15) is 30.4 Å². The van der Waals surface area contributed by atoms with Gasteiger partial charge in [-0.05, 0) is 42.3 Å². The molecule has 0 aliphatic heterocycles. The number of tetrazole rings is 1. The molecule has 21 heavy (non-hydrogen) atoms. The van der Waals surface area contributed by atoms with Crippen LogP contribution in [0.15, 0.2) is 21.7 Å². The summed E-state index contributed by atoms with van der Waals surface area (Å²) in [5.41, 5.74) is 0. The first-order valence-corrected chi connectivity index (χ1v) is 7.82. The molecule has 0 spiro atoms. The van der Waals surface area contributed by atoms with Crippen molar-refractivity contribution in [2.24, 2.45) is 0 Å². The van der Waals surface area contributed by atoms with Gasteiger partial charge in [0, 0.05) is 7.05 Å². The molecule has 112 valence electrons. The third kappa shape index (κ3) is 3.44. The molecule has 3 rings (SSSR count). The largest absolute Gasteiger partial charge is 0.464 e. The third-order valence-corrected chi connectivity index (χ3v) is 4.21. The number of aromatic nitrogens is 4. The van der Waals surface area contributed by atoms with Crippen molar-refractivity contribution < 1.29 is 9.21 Å². The summed E-state index contributed by atoms with van der Waals surface area (Å²) in [7, 11) is 1.77. The summed E-state index contributed by atoms with van der Waals surface area (Å²) in [5, 5.41) is 12.3. The van der Waals surface area contributed by atoms with Crippen LogP contribution in [0.3, 0.4) is 0 Å². The smallest absolute Gasteiger partial charge is 0.233 e. The van der Waals surface area contributed by atoms with E-state index in [9.17, 15) is 4.79 Å². The third-order valence-electron chi connectivity index (χ3n) is 3.29. The lowest BCUT2D eigenvalue weighted by molar-refractivity contribution is -0.127. The Morgan fingerprint density at radius 3 is 3.00 bits per heavy atom. The van der Waals surface area contributed by atoms with Crippen molar-refractivity contribution in [2.45, 2.75) is 37.5 Å². The summed E-state index contributed by atoms with van der Waals surface area (Å²) >= 11 is 1.38. The standard InChI is InChI=1S/C13H17N5O2S/c1-9-3-6-11(20-9)7-17(2)12(19)8-21-13-14-15-16-18(13)10-4-5-10/h3,6,10H,4-5,7-8H2,1-2H3. The SMILES string of the molecule is Cc1ccc(CN(C)C(=O)CSc2nnnn2C2CC2)o1. The minimum atomic E-state index is 0.0272. The van der Waals surface area contributed by atoms with Crippen molar-refractivity contribution in [1.29, 1.82) is 0 Å². The van der Waals surface area contributed by atoms with Gasteiger partial charge in [0.15, 0.2) is 0 Å². The molecule has 0 bridgehead atoms. The van der Waals surface area contributed by atoms with E-state index in [0.717, 1.165) is 24.4 Å². The minimum Gasteiger partial charge on any atom is -0.464 e. The Balaban J connectivity index is 1.52. The lowest BCUT2D eigenvalue weighted by Gasteiger charge is -2.15. The number of amides is 1. The van der Waals surface area contributed by atoms with Crippen LogP contribution in [-0.2, 0) is 11.3 Å². The lowest BCUT2D eigenvalue weighted by atomic mass is 10.4. The average Bonchev–Trinajstić information content (AvgIpc) is 3.06. The fourth-order valence-electron chi connectivity index (χ4n) is 1.96. The van der Waals surface area contributed by atoms with Gasteiger partial charge in [0.25, 0.3) is 0 Å². The first kappa shape index (κ1) is 14.1. The number of furan rings is 1. The van der Waals surface area contributed by atoms with E-state index in [4.69, 9.17) is 4.42 Å². The van der Waals surface area contributed by atoms with Gasteiger partial charge in [-0.3, -0.25) is 4.79 Å². The number of carbonyl (C=O) groups excluding carboxylic acids is 1. The van der Waals surface area contributed by atoms with Crippen LogP contribution in [0.4, 0.5) is 0 Å². The summed E-state index contributed by atoms with van der Waals surface area (Å²) in [4.78, 5) is 13.8. The predicted octanol–water partition coefficient (Wildman–Crippen LogP) is 1.66. The van der Waals surface area contributed by atoms with Crippen molar-refractivity contribution >= 4 is 17.7 Å². The van der Waals surface area contributed by atoms with Gasteiger partial charge >= 0.3 is 0 Å². The molecule has 2 aromatic rings. The number of thioether (sulfide) groups is 1. The molecule has 0 unspecified atom stereocenters. The van der Waals surface area contributed by atoms with E-state index in [2.05, 4.69) is 15.5 Å². The van der Waals surface area contributed by atoms with Crippen molar-refractivity contribution in [3.05, 3.63) is 23.7 Å². The van der Waals surface area contributed by atoms with Gasteiger partial charge < -0.3 is 9.32 Å². The molecule has 2 aromatic heterocycles. The maximum atomic E-state index is 12.1. The van der Waals surface area contributed by atoms with Crippen LogP contribution in [-0.4, -0.2) is 43.8 Å². The summed E-state index contributed by atoms with van der Waals surface area (Å²) in [6.45, 7) is 2.36. The molecule has 1 amide bonds. The first-order valence-electron chi connectivity index (χ1n) is 6.83. The highest BCUT2D eigenvalue weighted by molar-refractivity contribution is 7.99. The van der Waals surface area contributed by atoms with E-state index in [0.29, 0.717) is 23.5 Å². The number of hydrogen-bond acceptors (Lipinski definition) is 6. The van der Waals surface area contributed by atoms with Crippen LogP contribution < -0.4 is 0 Å². The number of rotatable bonds is 6. The predicted molar refractivity (Wildman–Crippen MR) is 76.7 cm³/mol. The minimum absolute atomic E-state index is 0.0272. The molecule has 0 radical (unpaired) electrons. The monoisotopic (exact) mass is 307 g/mol. The van der Waals surface area contributed by atoms with E-state index in [1.807, 2.05) is 23.7 Å². The fourth-order valence-corrected chi connectivity index (χ4v) is 2.84. The molecule has 1 aliphatic rings. The number of carbonyl (C=O) groups is 1. The molecule has 1 fully saturated rings. The zero-order valence-corrected chi connectivity index (χ0v) is 12.8. The van der Waals surface area contributed by atoms with Crippen molar-refractivity contribution in [2.75, 3.05) is 12.8 Å². The van der Waals surface area contributed by atoms with E-state index in [1.165, 1.54) is 11.8 Å². The van der Waals surface area contributed by atoms with Crippen molar-refractivity contribution in [3.8, 4) is 0 Å². The van der Waals surface area contributed by atoms with Crippen LogP contribution >= 0.6 is 11.8 Å². The summed E-state index contributed by atoms with van der Waals surface area (Å²) in [6.07, 6.45) is 2.23. The van der Waals surface area contributed by atoms with Crippen LogP contribution in [0, 0.1) is 6.92 Å². The van der Waals surface area contributed by atoms with Gasteiger partial charge in [-0.15, -0.1) is 5.10 Å². The maximum Gasteiger partial charge on any atom is 0.233 e. The normalized spacial score (nSPS) is 14.4. The Hall–Kier alpha value is -1.83. The zero-order valence-electron chi connectivity index (χ0n) is 12.0. The molecule has 0 saturated heterocycles. The molecule has 1 saturated carbocycles. The second kappa shape index (κ2) is 5.88. The van der Waals surface area contributed by atoms with Crippen LogP contribution in [0.25, 0.3) is 0 Å². The molecule has 8 heteroatoms. The van der Waals surface area contributed by atoms with Gasteiger partial charge in [-0.25, -0.2) is 4.68 Å². The summed E-state index contributed by atoms with van der Waals surface area (Å²) in [5.74, 6) is 1.99. The molecule has 0 aromatic carbocycles. The number of hydrogen-bond donors (Lipinski definition) is 0. The Bertz CT molecular complexity index is 634. The molecular weight excluding hydrogens is 290 g/mol. The van der Waals surface area contributed by atoms with Gasteiger partial charge in [0.05, 0.1) is 18.3 Å². The maximum absolute atomic E-state index is 12.1. The van der Waals surface area contributed by atoms with Crippen molar-refractivity contribution in [3.63, 3.8) is 0 Å². The van der Waals surface area contributed by atoms with Gasteiger partial charge in [-0.1, -0.05) is 11.8 Å². The van der Waals surface area contributed by atoms with E-state index >= 15 is 0 Å². The van der Waals surface area contributed by atoms with Crippen LogP contribution in [0.2, 0.25) is 0 Å². The van der Waals surface area contributed by atoms with E-state index < -0.39 is 0 Å². The molecular formula is C13H17N5O2S. The molecule has 0 N–H and O–H groups in total. The van der Waals surface area contributed by atoms with Gasteiger partial charge in [0.2, 0.25) is 11.1 Å². The quantitative estimate of drug-likeness (QED) is 0.755. The first-order chi connectivity index (χ1) is 10.1. The van der Waals surface area contributed by atoms with Crippen molar-refractivity contribution in [1.82, 2.24) is 25.1 Å². The Kier molecular flexibility index (Phi) is 3.96. The highest BCUT2D eigenvalue weighted by Crippen LogP contribution is 2.36. The number of aryl methyl sites for hydroxylation is 1. The molecule has 1 aliphatic carbocycles. The Morgan fingerprint density at radius 1 is 1.52 bits per heavy atom. The molecule has 0 atom stereocenters. The lowest BCUT2D eigenvalue weighted by Crippen LogP contribution is -2.27. The molecule has 2 heterocycles. The highest BCUT2D eigenvalue weighted by Gasteiger charge is 2.28. The van der Waals surface area contributed by atoms with Crippen LogP contribution in [0.5, 0.6) is 0 Å².